The van der Waals surface area contributed by atoms with Gasteiger partial charge in [0.1, 0.15) is 11.6 Å². The summed E-state index contributed by atoms with van der Waals surface area (Å²) in [6.07, 6.45) is 1.18. The van der Waals surface area contributed by atoms with Gasteiger partial charge in [0.25, 0.3) is 5.56 Å². The number of benzene rings is 2. The van der Waals surface area contributed by atoms with E-state index < -0.39 is 15.9 Å². The number of rotatable bonds is 7. The van der Waals surface area contributed by atoms with E-state index in [1.807, 2.05) is 6.92 Å². The summed E-state index contributed by atoms with van der Waals surface area (Å²) in [5.41, 5.74) is 1.54. The van der Waals surface area contributed by atoms with E-state index >= 15 is 0 Å². The van der Waals surface area contributed by atoms with Crippen molar-refractivity contribution in [3.63, 3.8) is 0 Å². The molecule has 0 aliphatic carbocycles. The van der Waals surface area contributed by atoms with Gasteiger partial charge in [-0.2, -0.15) is 4.31 Å². The Morgan fingerprint density at radius 1 is 1.20 bits per heavy atom. The fraction of sp³-hybridized carbons (Fsp3) is 0.320. The van der Waals surface area contributed by atoms with Gasteiger partial charge in [-0.15, -0.1) is 0 Å². The van der Waals surface area contributed by atoms with Gasteiger partial charge in [0.15, 0.2) is 0 Å². The van der Waals surface area contributed by atoms with E-state index in [2.05, 4.69) is 15.3 Å². The summed E-state index contributed by atoms with van der Waals surface area (Å²) in [6.45, 7) is 4.56. The third-order valence-electron chi connectivity index (χ3n) is 5.80. The zero-order valence-electron chi connectivity index (χ0n) is 19.7. The van der Waals surface area contributed by atoms with Crippen LogP contribution < -0.4 is 15.6 Å². The Labute approximate surface area is 204 Å². The van der Waals surface area contributed by atoms with Crippen LogP contribution in [-0.2, 0) is 14.8 Å². The van der Waals surface area contributed by atoms with Crippen LogP contribution in [0.25, 0.3) is 11.4 Å². The number of aryl methyl sites for hydroxylation is 1. The number of hydrogen-bond acceptors (Lipinski definition) is 6. The number of H-pyrrole nitrogens is 1. The van der Waals surface area contributed by atoms with Crippen molar-refractivity contribution in [2.75, 3.05) is 25.0 Å². The molecule has 1 fully saturated rings. The Morgan fingerprint density at radius 2 is 1.97 bits per heavy atom. The number of sulfonamides is 1. The van der Waals surface area contributed by atoms with E-state index in [1.54, 1.807) is 43.3 Å². The molecule has 2 N–H and O–H groups in total. The van der Waals surface area contributed by atoms with Crippen LogP contribution in [0.5, 0.6) is 5.75 Å². The minimum absolute atomic E-state index is 0.105. The minimum Gasteiger partial charge on any atom is -0.494 e. The maximum atomic E-state index is 13.2. The number of carbonyl (C=O) groups is 1. The smallest absolute Gasteiger partial charge is 0.251 e. The van der Waals surface area contributed by atoms with Gasteiger partial charge in [-0.3, -0.25) is 9.59 Å². The second-order valence-corrected chi connectivity index (χ2v) is 10.3. The van der Waals surface area contributed by atoms with Crippen LogP contribution in [0.3, 0.4) is 0 Å². The van der Waals surface area contributed by atoms with Crippen molar-refractivity contribution in [3.05, 3.63) is 70.6 Å². The molecule has 0 saturated carbocycles. The van der Waals surface area contributed by atoms with E-state index in [0.29, 0.717) is 54.5 Å². The first-order valence-corrected chi connectivity index (χ1v) is 12.9. The van der Waals surface area contributed by atoms with Crippen LogP contribution in [0.1, 0.15) is 25.5 Å². The number of aromatic nitrogens is 2. The van der Waals surface area contributed by atoms with Crippen LogP contribution in [0.15, 0.2) is 64.3 Å². The number of carbonyl (C=O) groups excluding carboxylic acids is 1. The molecule has 2 aromatic carbocycles. The molecule has 10 heteroatoms. The molecule has 0 spiro atoms. The van der Waals surface area contributed by atoms with Gasteiger partial charge in [0, 0.05) is 36.1 Å². The van der Waals surface area contributed by atoms with E-state index in [1.165, 1.54) is 22.5 Å². The quantitative estimate of drug-likeness (QED) is 0.518. The lowest BCUT2D eigenvalue weighted by Gasteiger charge is -2.31. The molecule has 0 radical (unpaired) electrons. The standard InChI is InChI=1S/C25H28N4O5S/c1-3-34-21-9-11-22(12-10-21)35(32,33)29-13-5-7-19(16-29)25(31)27-20-8-4-6-18(15-20)24-26-17(2)14-23(30)28-24/h4,6,8-12,14-15,19H,3,5,7,13,16H2,1-2H3,(H,27,31)(H,26,28,30)/t19-/m1/s1. The lowest BCUT2D eigenvalue weighted by Crippen LogP contribution is -2.43. The molecule has 1 aliphatic heterocycles. The molecule has 35 heavy (non-hydrogen) atoms. The largest absolute Gasteiger partial charge is 0.494 e. The molecule has 9 nitrogen and oxygen atoms in total. The average Bonchev–Trinajstić information content (AvgIpc) is 2.84. The number of ether oxygens (including phenoxy) is 1. The summed E-state index contributed by atoms with van der Waals surface area (Å²) in [5, 5.41) is 2.89. The molecular weight excluding hydrogens is 468 g/mol. The van der Waals surface area contributed by atoms with Crippen molar-refractivity contribution < 1.29 is 17.9 Å². The molecule has 1 aromatic heterocycles. The fourth-order valence-electron chi connectivity index (χ4n) is 4.10. The minimum atomic E-state index is -3.73. The van der Waals surface area contributed by atoms with E-state index in [0.717, 1.165) is 0 Å². The molecule has 1 atom stereocenters. The van der Waals surface area contributed by atoms with Gasteiger partial charge in [0.05, 0.1) is 17.4 Å². The van der Waals surface area contributed by atoms with E-state index in [-0.39, 0.29) is 22.9 Å². The lowest BCUT2D eigenvalue weighted by atomic mass is 9.98. The van der Waals surface area contributed by atoms with Gasteiger partial charge >= 0.3 is 0 Å². The van der Waals surface area contributed by atoms with E-state index in [4.69, 9.17) is 4.74 Å². The molecule has 4 rings (SSSR count). The summed E-state index contributed by atoms with van der Waals surface area (Å²) < 4.78 is 33.1. The van der Waals surface area contributed by atoms with Gasteiger partial charge in [-0.25, -0.2) is 13.4 Å². The van der Waals surface area contributed by atoms with Crippen molar-refractivity contribution in [2.24, 2.45) is 5.92 Å². The normalized spacial score (nSPS) is 16.6. The highest BCUT2D eigenvalue weighted by Crippen LogP contribution is 2.27. The number of nitrogens with one attached hydrogen (secondary N) is 2. The number of amides is 1. The first-order valence-electron chi connectivity index (χ1n) is 11.5. The van der Waals surface area contributed by atoms with Gasteiger partial charge in [-0.1, -0.05) is 12.1 Å². The number of anilines is 1. The Morgan fingerprint density at radius 3 is 2.69 bits per heavy atom. The molecule has 1 saturated heterocycles. The van der Waals surface area contributed by atoms with Crippen molar-refractivity contribution in [3.8, 4) is 17.1 Å². The Balaban J connectivity index is 1.46. The number of nitrogens with zero attached hydrogens (tertiary/aromatic N) is 2. The second-order valence-electron chi connectivity index (χ2n) is 8.41. The number of piperidine rings is 1. The van der Waals surface area contributed by atoms with Crippen LogP contribution >= 0.6 is 0 Å². The first-order chi connectivity index (χ1) is 16.8. The molecule has 0 unspecified atom stereocenters. The fourth-order valence-corrected chi connectivity index (χ4v) is 5.63. The molecule has 3 aromatic rings. The average molecular weight is 497 g/mol. The summed E-state index contributed by atoms with van der Waals surface area (Å²) in [7, 11) is -3.73. The van der Waals surface area contributed by atoms with Gasteiger partial charge in [0.2, 0.25) is 15.9 Å². The van der Waals surface area contributed by atoms with Gasteiger partial charge < -0.3 is 15.0 Å². The highest BCUT2D eigenvalue weighted by Gasteiger charge is 2.33. The third kappa shape index (κ3) is 5.77. The predicted molar refractivity (Wildman–Crippen MR) is 133 cm³/mol. The van der Waals surface area contributed by atoms with Crippen molar-refractivity contribution in [1.29, 1.82) is 0 Å². The first kappa shape index (κ1) is 24.6. The molecule has 1 amide bonds. The highest BCUT2D eigenvalue weighted by molar-refractivity contribution is 7.89. The molecule has 184 valence electrons. The number of hydrogen-bond donors (Lipinski definition) is 2. The Hall–Kier alpha value is -3.50. The highest BCUT2D eigenvalue weighted by atomic mass is 32.2. The third-order valence-corrected chi connectivity index (χ3v) is 7.68. The zero-order valence-corrected chi connectivity index (χ0v) is 20.5. The zero-order chi connectivity index (χ0) is 25.0. The van der Waals surface area contributed by atoms with Crippen LogP contribution in [0.2, 0.25) is 0 Å². The molecular formula is C25H28N4O5S. The molecule has 0 bridgehead atoms. The van der Waals surface area contributed by atoms with Crippen molar-refractivity contribution in [1.82, 2.24) is 14.3 Å². The monoisotopic (exact) mass is 496 g/mol. The second kappa shape index (κ2) is 10.4. The van der Waals surface area contributed by atoms with Crippen molar-refractivity contribution in [2.45, 2.75) is 31.6 Å². The molecule has 2 heterocycles. The molecule has 1 aliphatic rings. The van der Waals surface area contributed by atoms with Crippen LogP contribution in [0, 0.1) is 12.8 Å². The number of aromatic amines is 1. The maximum absolute atomic E-state index is 13.2. The maximum Gasteiger partial charge on any atom is 0.251 e. The van der Waals surface area contributed by atoms with E-state index in [9.17, 15) is 18.0 Å². The van der Waals surface area contributed by atoms with Gasteiger partial charge in [-0.05, 0) is 63.1 Å². The van der Waals surface area contributed by atoms with Crippen molar-refractivity contribution >= 4 is 21.6 Å². The summed E-state index contributed by atoms with van der Waals surface area (Å²) in [6, 6.07) is 14.8. The lowest BCUT2D eigenvalue weighted by molar-refractivity contribution is -0.120. The SMILES string of the molecule is CCOc1ccc(S(=O)(=O)N2CCC[C@@H](C(=O)Nc3cccc(-c4nc(C)cc(=O)[nH]4)c3)C2)cc1. The Kier molecular flexibility index (Phi) is 7.32. The van der Waals surface area contributed by atoms with Crippen LogP contribution in [-0.4, -0.2) is 48.3 Å². The Bertz CT molecular complexity index is 1370. The predicted octanol–water partition coefficient (Wildman–Crippen LogP) is 3.18. The summed E-state index contributed by atoms with van der Waals surface area (Å²) in [4.78, 5) is 32.0. The topological polar surface area (TPSA) is 121 Å². The summed E-state index contributed by atoms with van der Waals surface area (Å²) in [5.74, 6) is 0.284. The van der Waals surface area contributed by atoms with Crippen LogP contribution in [0.4, 0.5) is 5.69 Å². The summed E-state index contributed by atoms with van der Waals surface area (Å²) >= 11 is 0.